The van der Waals surface area contributed by atoms with Gasteiger partial charge in [-0.25, -0.2) is 0 Å². The third-order valence-corrected chi connectivity index (χ3v) is 7.45. The van der Waals surface area contributed by atoms with E-state index in [1.54, 1.807) is 11.1 Å². The number of allylic oxidation sites excluding steroid dienone is 2. The minimum absolute atomic E-state index is 0.101. The van der Waals surface area contributed by atoms with Gasteiger partial charge in [0.2, 0.25) is 0 Å². The van der Waals surface area contributed by atoms with E-state index in [0.29, 0.717) is 23.7 Å². The molecule has 2 aromatic carbocycles. The van der Waals surface area contributed by atoms with Crippen molar-refractivity contribution in [1.29, 1.82) is 0 Å². The van der Waals surface area contributed by atoms with Crippen molar-refractivity contribution in [2.24, 2.45) is 17.3 Å². The predicted molar refractivity (Wildman–Crippen MR) is 127 cm³/mol. The van der Waals surface area contributed by atoms with Crippen LogP contribution < -0.4 is 0 Å². The third kappa shape index (κ3) is 3.03. The lowest BCUT2D eigenvalue weighted by Gasteiger charge is -2.43. The molecule has 0 amide bonds. The molecule has 2 aliphatic carbocycles. The van der Waals surface area contributed by atoms with Crippen LogP contribution in [0.1, 0.15) is 86.8 Å². The standard InChI is InChI=1S/C29H36/c1-17(2)23-15-25-19(5)11-9-13-21(25)27(23)29(7,8)28-22-14-10-12-20(6)26(22)16-24(28)18(3)4/h9-18,27-28H,1-8H3. The van der Waals surface area contributed by atoms with Gasteiger partial charge in [0.15, 0.2) is 0 Å². The highest BCUT2D eigenvalue weighted by Gasteiger charge is 2.47. The van der Waals surface area contributed by atoms with E-state index in [9.17, 15) is 0 Å². The molecule has 0 fully saturated rings. The number of aryl methyl sites for hydroxylation is 2. The molecular weight excluding hydrogens is 348 g/mol. The molecule has 2 unspecified atom stereocenters. The van der Waals surface area contributed by atoms with Gasteiger partial charge < -0.3 is 0 Å². The molecule has 0 aromatic heterocycles. The maximum atomic E-state index is 2.52. The van der Waals surface area contributed by atoms with Crippen molar-refractivity contribution >= 4 is 12.2 Å². The summed E-state index contributed by atoms with van der Waals surface area (Å²) in [5, 5.41) is 0. The lowest BCUT2D eigenvalue weighted by Crippen LogP contribution is -2.32. The summed E-state index contributed by atoms with van der Waals surface area (Å²) in [4.78, 5) is 0. The molecule has 0 heteroatoms. The summed E-state index contributed by atoms with van der Waals surface area (Å²) in [7, 11) is 0. The zero-order valence-corrected chi connectivity index (χ0v) is 19.4. The van der Waals surface area contributed by atoms with Gasteiger partial charge in [0, 0.05) is 11.8 Å². The van der Waals surface area contributed by atoms with Crippen LogP contribution in [0.15, 0.2) is 47.5 Å². The van der Waals surface area contributed by atoms with Gasteiger partial charge in [0.1, 0.15) is 0 Å². The van der Waals surface area contributed by atoms with E-state index in [1.165, 1.54) is 33.4 Å². The Morgan fingerprint density at radius 3 is 1.38 bits per heavy atom. The van der Waals surface area contributed by atoms with Gasteiger partial charge in [-0.15, -0.1) is 0 Å². The highest BCUT2D eigenvalue weighted by molar-refractivity contribution is 5.73. The van der Waals surface area contributed by atoms with Gasteiger partial charge in [-0.05, 0) is 64.5 Å². The molecule has 0 aliphatic heterocycles. The Labute approximate surface area is 177 Å². The molecule has 0 heterocycles. The Balaban J connectivity index is 1.91. The molecule has 0 saturated carbocycles. The van der Waals surface area contributed by atoms with Gasteiger partial charge in [0.25, 0.3) is 0 Å². The topological polar surface area (TPSA) is 0 Å². The molecule has 0 N–H and O–H groups in total. The van der Waals surface area contributed by atoms with Crippen LogP contribution in [0.2, 0.25) is 0 Å². The summed E-state index contributed by atoms with van der Waals surface area (Å²) in [5.74, 6) is 2.01. The predicted octanol–water partition coefficient (Wildman–Crippen LogP) is 8.30. The average molecular weight is 385 g/mol. The normalized spacial score (nSPS) is 20.8. The summed E-state index contributed by atoms with van der Waals surface area (Å²) in [5.41, 5.74) is 12.1. The van der Waals surface area contributed by atoms with Gasteiger partial charge in [-0.2, -0.15) is 0 Å². The van der Waals surface area contributed by atoms with E-state index >= 15 is 0 Å². The summed E-state index contributed by atoms with van der Waals surface area (Å²) in [6, 6.07) is 13.8. The molecule has 2 atom stereocenters. The van der Waals surface area contributed by atoms with E-state index in [1.807, 2.05) is 0 Å². The molecule has 0 bridgehead atoms. The Morgan fingerprint density at radius 1 is 0.655 bits per heavy atom. The van der Waals surface area contributed by atoms with Crippen LogP contribution in [0, 0.1) is 31.1 Å². The quantitative estimate of drug-likeness (QED) is 0.497. The van der Waals surface area contributed by atoms with Gasteiger partial charge in [-0.3, -0.25) is 0 Å². The maximum absolute atomic E-state index is 2.52. The van der Waals surface area contributed by atoms with Gasteiger partial charge in [0.05, 0.1) is 0 Å². The van der Waals surface area contributed by atoms with E-state index in [0.717, 1.165) is 0 Å². The lowest BCUT2D eigenvalue weighted by atomic mass is 9.60. The summed E-state index contributed by atoms with van der Waals surface area (Å²) in [6.07, 6.45) is 5.01. The lowest BCUT2D eigenvalue weighted by molar-refractivity contribution is 0.258. The van der Waals surface area contributed by atoms with E-state index in [2.05, 4.69) is 104 Å². The first-order valence-corrected chi connectivity index (χ1v) is 11.3. The first kappa shape index (κ1) is 20.2. The molecular formula is C29H36. The van der Waals surface area contributed by atoms with Crippen molar-refractivity contribution in [3.05, 3.63) is 80.9 Å². The molecule has 2 aromatic rings. The number of hydrogen-bond acceptors (Lipinski definition) is 0. The second-order valence-corrected chi connectivity index (χ2v) is 10.4. The fraction of sp³-hybridized carbons (Fsp3) is 0.448. The fourth-order valence-electron chi connectivity index (χ4n) is 5.99. The Kier molecular flexibility index (Phi) is 4.88. The van der Waals surface area contributed by atoms with Crippen LogP contribution >= 0.6 is 0 Å². The molecule has 2 aliphatic rings. The van der Waals surface area contributed by atoms with Gasteiger partial charge >= 0.3 is 0 Å². The Bertz CT molecular complexity index is 929. The SMILES string of the molecule is Cc1cccc2c1C=C(C(C)C)C2C(C)(C)C1C(C(C)C)=Cc2c(C)cccc21. The zero-order chi connectivity index (χ0) is 21.1. The molecule has 29 heavy (non-hydrogen) atoms. The fourth-order valence-corrected chi connectivity index (χ4v) is 5.99. The second-order valence-electron chi connectivity index (χ2n) is 10.4. The highest BCUT2D eigenvalue weighted by atomic mass is 14.5. The third-order valence-electron chi connectivity index (χ3n) is 7.45. The van der Waals surface area contributed by atoms with E-state index < -0.39 is 0 Å². The average Bonchev–Trinajstić information content (AvgIpc) is 3.23. The smallest absolute Gasteiger partial charge is 0.0120 e. The van der Waals surface area contributed by atoms with E-state index in [4.69, 9.17) is 0 Å². The molecule has 4 rings (SSSR count). The Morgan fingerprint density at radius 2 is 1.03 bits per heavy atom. The van der Waals surface area contributed by atoms with Crippen molar-refractivity contribution in [3.63, 3.8) is 0 Å². The molecule has 152 valence electrons. The van der Waals surface area contributed by atoms with Crippen LogP contribution in [-0.4, -0.2) is 0 Å². The largest absolute Gasteiger partial charge is 0.0617 e. The van der Waals surface area contributed by atoms with Crippen molar-refractivity contribution < 1.29 is 0 Å². The van der Waals surface area contributed by atoms with Crippen molar-refractivity contribution in [3.8, 4) is 0 Å². The molecule has 0 nitrogen and oxygen atoms in total. The summed E-state index contributed by atoms with van der Waals surface area (Å²) >= 11 is 0. The van der Waals surface area contributed by atoms with E-state index in [-0.39, 0.29) is 5.41 Å². The minimum atomic E-state index is 0.101. The minimum Gasteiger partial charge on any atom is -0.0617 e. The number of benzene rings is 2. The molecule has 0 spiro atoms. The van der Waals surface area contributed by atoms with Crippen molar-refractivity contribution in [1.82, 2.24) is 0 Å². The first-order valence-electron chi connectivity index (χ1n) is 11.3. The van der Waals surface area contributed by atoms with Crippen LogP contribution in [0.4, 0.5) is 0 Å². The molecule has 0 radical (unpaired) electrons. The summed E-state index contributed by atoms with van der Waals surface area (Å²) < 4.78 is 0. The number of rotatable bonds is 4. The highest BCUT2D eigenvalue weighted by Crippen LogP contribution is 2.60. The van der Waals surface area contributed by atoms with Crippen LogP contribution in [0.25, 0.3) is 12.2 Å². The van der Waals surface area contributed by atoms with Crippen LogP contribution in [0.5, 0.6) is 0 Å². The molecule has 0 saturated heterocycles. The Hall–Kier alpha value is -2.08. The number of hydrogen-bond donors (Lipinski definition) is 0. The summed E-state index contributed by atoms with van der Waals surface area (Å²) in [6.45, 7) is 19.0. The van der Waals surface area contributed by atoms with Crippen molar-refractivity contribution in [2.75, 3.05) is 0 Å². The zero-order valence-electron chi connectivity index (χ0n) is 19.4. The second kappa shape index (κ2) is 7.01. The first-order chi connectivity index (χ1) is 13.6. The van der Waals surface area contributed by atoms with Crippen molar-refractivity contribution in [2.45, 2.75) is 67.2 Å². The maximum Gasteiger partial charge on any atom is 0.0120 e. The number of fused-ring (bicyclic) bond motifs is 2. The van der Waals surface area contributed by atoms with Gasteiger partial charge in [-0.1, -0.05) is 101 Å². The van der Waals surface area contributed by atoms with Crippen LogP contribution in [0.3, 0.4) is 0 Å². The monoisotopic (exact) mass is 384 g/mol. The van der Waals surface area contributed by atoms with Crippen LogP contribution in [-0.2, 0) is 0 Å².